The molecule has 0 spiro atoms. The quantitative estimate of drug-likeness (QED) is 0.907. The van der Waals surface area contributed by atoms with Crippen molar-refractivity contribution in [2.45, 2.75) is 32.4 Å². The zero-order valence-corrected chi connectivity index (χ0v) is 14.4. The summed E-state index contributed by atoms with van der Waals surface area (Å²) in [6.45, 7) is 5.47. The van der Waals surface area contributed by atoms with Crippen LogP contribution in [0.3, 0.4) is 0 Å². The molecule has 2 N–H and O–H groups in total. The van der Waals surface area contributed by atoms with Crippen LogP contribution >= 0.6 is 0 Å². The van der Waals surface area contributed by atoms with Crippen LogP contribution in [-0.4, -0.2) is 43.4 Å². The summed E-state index contributed by atoms with van der Waals surface area (Å²) in [5.74, 6) is 0.636. The molecule has 1 saturated carbocycles. The normalized spacial score (nSPS) is 28.6. The summed E-state index contributed by atoms with van der Waals surface area (Å²) in [7, 11) is 1.70. The maximum Gasteiger partial charge on any atom is 0.268 e. The molecule has 5 nitrogen and oxygen atoms in total. The van der Waals surface area contributed by atoms with Gasteiger partial charge in [0.25, 0.3) is 5.91 Å². The molecule has 128 valence electrons. The van der Waals surface area contributed by atoms with Crippen molar-refractivity contribution in [3.8, 4) is 0 Å². The maximum atomic E-state index is 12.8. The number of ether oxygens (including phenoxy) is 2. The molecule has 2 aliphatic rings. The highest BCUT2D eigenvalue weighted by molar-refractivity contribution is 6.01. The van der Waals surface area contributed by atoms with Crippen molar-refractivity contribution in [3.63, 3.8) is 0 Å². The third-order valence-electron chi connectivity index (χ3n) is 5.63. The average molecular weight is 328 g/mol. The first-order chi connectivity index (χ1) is 11.6. The fourth-order valence-corrected chi connectivity index (χ4v) is 4.33. The molecule has 0 radical (unpaired) electrons. The molecule has 1 aromatic carbocycles. The molecule has 1 aromatic heterocycles. The SMILES string of the molecule is COC[C@@H]1[C@H](NC(=O)c2[nH]c3ccc(C)cc3c2C)[C@@H]2CCO[C@H]12. The van der Waals surface area contributed by atoms with E-state index in [1.807, 2.05) is 13.0 Å². The molecule has 24 heavy (non-hydrogen) atoms. The zero-order chi connectivity index (χ0) is 16.8. The van der Waals surface area contributed by atoms with Crippen LogP contribution in [0.2, 0.25) is 0 Å². The van der Waals surface area contributed by atoms with Gasteiger partial charge in [0, 0.05) is 42.5 Å². The summed E-state index contributed by atoms with van der Waals surface area (Å²) in [6, 6.07) is 6.35. The van der Waals surface area contributed by atoms with Gasteiger partial charge in [0.1, 0.15) is 5.69 Å². The second-order valence-electron chi connectivity index (χ2n) is 7.08. The maximum absolute atomic E-state index is 12.8. The predicted molar refractivity (Wildman–Crippen MR) is 92.2 cm³/mol. The van der Waals surface area contributed by atoms with Gasteiger partial charge in [-0.25, -0.2) is 0 Å². The first-order valence-electron chi connectivity index (χ1n) is 8.60. The van der Waals surface area contributed by atoms with Crippen molar-refractivity contribution in [2.75, 3.05) is 20.3 Å². The van der Waals surface area contributed by atoms with Crippen LogP contribution in [0.5, 0.6) is 0 Å². The lowest BCUT2D eigenvalue weighted by molar-refractivity contribution is -0.0810. The number of hydrogen-bond donors (Lipinski definition) is 2. The molecule has 1 saturated heterocycles. The Bertz CT molecular complexity index is 782. The van der Waals surface area contributed by atoms with Crippen molar-refractivity contribution in [3.05, 3.63) is 35.0 Å². The number of fused-ring (bicyclic) bond motifs is 2. The molecule has 2 heterocycles. The molecule has 0 bridgehead atoms. The van der Waals surface area contributed by atoms with Crippen LogP contribution in [0, 0.1) is 25.7 Å². The van der Waals surface area contributed by atoms with E-state index >= 15 is 0 Å². The Morgan fingerprint density at radius 3 is 3.04 bits per heavy atom. The van der Waals surface area contributed by atoms with Crippen LogP contribution in [0.25, 0.3) is 10.9 Å². The molecule has 2 aromatic rings. The number of rotatable bonds is 4. The molecule has 4 atom stereocenters. The van der Waals surface area contributed by atoms with Crippen molar-refractivity contribution in [1.29, 1.82) is 0 Å². The van der Waals surface area contributed by atoms with E-state index < -0.39 is 0 Å². The third-order valence-corrected chi connectivity index (χ3v) is 5.63. The number of hydrogen-bond acceptors (Lipinski definition) is 3. The fraction of sp³-hybridized carbons (Fsp3) is 0.526. The minimum atomic E-state index is -0.0298. The van der Waals surface area contributed by atoms with Gasteiger partial charge in [-0.1, -0.05) is 11.6 Å². The van der Waals surface area contributed by atoms with Gasteiger partial charge in [0.05, 0.1) is 12.7 Å². The lowest BCUT2D eigenvalue weighted by atomic mass is 9.67. The van der Waals surface area contributed by atoms with E-state index in [1.54, 1.807) is 7.11 Å². The Balaban J connectivity index is 1.57. The van der Waals surface area contributed by atoms with E-state index in [0.717, 1.165) is 29.5 Å². The van der Waals surface area contributed by atoms with E-state index in [-0.39, 0.29) is 24.0 Å². The summed E-state index contributed by atoms with van der Waals surface area (Å²) >= 11 is 0. The van der Waals surface area contributed by atoms with Crippen molar-refractivity contribution in [2.24, 2.45) is 11.8 Å². The van der Waals surface area contributed by atoms with Crippen molar-refractivity contribution < 1.29 is 14.3 Å². The smallest absolute Gasteiger partial charge is 0.268 e. The van der Waals surface area contributed by atoms with Gasteiger partial charge in [0.2, 0.25) is 0 Å². The van der Waals surface area contributed by atoms with Gasteiger partial charge < -0.3 is 19.8 Å². The monoisotopic (exact) mass is 328 g/mol. The number of amides is 1. The van der Waals surface area contributed by atoms with Gasteiger partial charge in [-0.05, 0) is 38.0 Å². The second kappa shape index (κ2) is 5.90. The topological polar surface area (TPSA) is 63.3 Å². The van der Waals surface area contributed by atoms with Gasteiger partial charge in [0.15, 0.2) is 0 Å². The summed E-state index contributed by atoms with van der Waals surface area (Å²) in [6.07, 6.45) is 1.25. The third kappa shape index (κ3) is 2.34. The number of benzene rings is 1. The standard InChI is InChI=1S/C19H24N2O3/c1-10-4-5-15-13(8-10)11(2)16(20-15)19(22)21-17-12-6-7-24-18(12)14(17)9-23-3/h4-5,8,12,14,17-18,20H,6-7,9H2,1-3H3,(H,21,22)/t12-,14+,17+,18-/m0/s1. The summed E-state index contributed by atoms with van der Waals surface area (Å²) in [4.78, 5) is 16.1. The highest BCUT2D eigenvalue weighted by atomic mass is 16.5. The van der Waals surface area contributed by atoms with E-state index in [4.69, 9.17) is 9.47 Å². The molecule has 1 aliphatic heterocycles. The molecule has 1 aliphatic carbocycles. The largest absolute Gasteiger partial charge is 0.384 e. The minimum absolute atomic E-state index is 0.0298. The number of methoxy groups -OCH3 is 1. The number of aromatic nitrogens is 1. The molecule has 4 rings (SSSR count). The average Bonchev–Trinajstić information content (AvgIpc) is 3.13. The van der Waals surface area contributed by atoms with Crippen molar-refractivity contribution in [1.82, 2.24) is 10.3 Å². The van der Waals surface area contributed by atoms with E-state index in [0.29, 0.717) is 18.2 Å². The second-order valence-corrected chi connectivity index (χ2v) is 7.08. The van der Waals surface area contributed by atoms with Crippen LogP contribution in [0.15, 0.2) is 18.2 Å². The van der Waals surface area contributed by atoms with E-state index in [1.165, 1.54) is 5.56 Å². The van der Waals surface area contributed by atoms with Crippen LogP contribution in [0.1, 0.15) is 28.0 Å². The highest BCUT2D eigenvalue weighted by Crippen LogP contribution is 2.43. The van der Waals surface area contributed by atoms with Gasteiger partial charge in [-0.2, -0.15) is 0 Å². The number of carbonyl (C=O) groups excluding carboxylic acids is 1. The molecular weight excluding hydrogens is 304 g/mol. The van der Waals surface area contributed by atoms with Gasteiger partial charge in [-0.15, -0.1) is 0 Å². The Kier molecular flexibility index (Phi) is 3.85. The molecule has 5 heteroatoms. The summed E-state index contributed by atoms with van der Waals surface area (Å²) in [5.41, 5.74) is 3.87. The number of aryl methyl sites for hydroxylation is 2. The first kappa shape index (κ1) is 15.7. The molecule has 0 unspecified atom stereocenters. The number of nitrogens with one attached hydrogen (secondary N) is 2. The van der Waals surface area contributed by atoms with E-state index in [9.17, 15) is 4.79 Å². The Morgan fingerprint density at radius 2 is 2.25 bits per heavy atom. The Morgan fingerprint density at radius 1 is 1.42 bits per heavy atom. The highest BCUT2D eigenvalue weighted by Gasteiger charge is 2.54. The summed E-state index contributed by atoms with van der Waals surface area (Å²) in [5, 5.41) is 4.34. The lowest BCUT2D eigenvalue weighted by Gasteiger charge is -2.47. The lowest BCUT2D eigenvalue weighted by Crippen LogP contribution is -2.62. The Hall–Kier alpha value is -1.85. The predicted octanol–water partition coefficient (Wildman–Crippen LogP) is 2.56. The van der Waals surface area contributed by atoms with Crippen LogP contribution in [0.4, 0.5) is 0 Å². The number of H-pyrrole nitrogens is 1. The van der Waals surface area contributed by atoms with Gasteiger partial charge >= 0.3 is 0 Å². The van der Waals surface area contributed by atoms with Crippen LogP contribution < -0.4 is 5.32 Å². The zero-order valence-electron chi connectivity index (χ0n) is 14.4. The van der Waals surface area contributed by atoms with Crippen LogP contribution in [-0.2, 0) is 9.47 Å². The Labute approximate surface area is 141 Å². The fourth-order valence-electron chi connectivity index (χ4n) is 4.33. The molecule has 1 amide bonds. The number of carbonyl (C=O) groups is 1. The first-order valence-corrected chi connectivity index (χ1v) is 8.60. The number of aromatic amines is 1. The molecular formula is C19H24N2O3. The summed E-state index contributed by atoms with van der Waals surface area (Å²) < 4.78 is 11.1. The minimum Gasteiger partial charge on any atom is -0.384 e. The van der Waals surface area contributed by atoms with Crippen molar-refractivity contribution >= 4 is 16.8 Å². The van der Waals surface area contributed by atoms with Gasteiger partial charge in [-0.3, -0.25) is 4.79 Å². The van der Waals surface area contributed by atoms with E-state index in [2.05, 4.69) is 29.4 Å². The molecule has 2 fully saturated rings.